The lowest BCUT2D eigenvalue weighted by atomic mass is 9.78. The van der Waals surface area contributed by atoms with E-state index in [9.17, 15) is 0 Å². The van der Waals surface area contributed by atoms with Gasteiger partial charge in [0.15, 0.2) is 0 Å². The summed E-state index contributed by atoms with van der Waals surface area (Å²) in [5.74, 6) is 3.17. The second kappa shape index (κ2) is 18.6. The maximum Gasteiger partial charge on any atom is 0.0281 e. The fourth-order valence-electron chi connectivity index (χ4n) is 8.36. The van der Waals surface area contributed by atoms with Crippen LogP contribution < -0.4 is 21.2 Å². The van der Waals surface area contributed by atoms with Gasteiger partial charge in [0.05, 0.1) is 0 Å². The van der Waals surface area contributed by atoms with E-state index in [0.29, 0.717) is 12.1 Å². The van der Waals surface area contributed by atoms with Crippen LogP contribution in [0.4, 0.5) is 0 Å². The molecule has 2 saturated carbocycles. The van der Waals surface area contributed by atoms with Gasteiger partial charge in [0, 0.05) is 28.2 Å². The Bertz CT molecular complexity index is 1250. The Kier molecular flexibility index (Phi) is 14.3. The van der Waals surface area contributed by atoms with Gasteiger partial charge in [0.1, 0.15) is 0 Å². The largest absolute Gasteiger partial charge is 0.275 e. The zero-order valence-electron chi connectivity index (χ0n) is 30.5. The molecule has 0 aromatic heterocycles. The van der Waals surface area contributed by atoms with Crippen molar-refractivity contribution in [3.8, 4) is 0 Å². The molecule has 48 heavy (non-hydrogen) atoms. The molecule has 0 unspecified atom stereocenters. The number of hydrogen-bond acceptors (Lipinski definition) is 2. The van der Waals surface area contributed by atoms with Gasteiger partial charge in [0.2, 0.25) is 0 Å². The predicted octanol–water partition coefficient (Wildman–Crippen LogP) is 10.4. The van der Waals surface area contributed by atoms with E-state index >= 15 is 0 Å². The van der Waals surface area contributed by atoms with Gasteiger partial charge in [0.25, 0.3) is 0 Å². The quantitative estimate of drug-likeness (QED) is 0.154. The number of benzene rings is 4. The van der Waals surface area contributed by atoms with Crippen LogP contribution in [0.2, 0.25) is 0 Å². The molecule has 2 aliphatic rings. The van der Waals surface area contributed by atoms with Crippen molar-refractivity contribution in [3.63, 3.8) is 0 Å². The molecule has 2 nitrogen and oxygen atoms in total. The highest BCUT2D eigenvalue weighted by Gasteiger charge is 2.36. The van der Waals surface area contributed by atoms with E-state index in [0.717, 1.165) is 23.7 Å². The smallest absolute Gasteiger partial charge is 0.0281 e. The van der Waals surface area contributed by atoms with Crippen LogP contribution in [-0.2, 0) is 0 Å². The fraction of sp³-hybridized carbons (Fsp3) is 0.455. The molecule has 256 valence electrons. The van der Waals surface area contributed by atoms with Gasteiger partial charge in [-0.15, -0.1) is 0 Å². The summed E-state index contributed by atoms with van der Waals surface area (Å²) in [4.78, 5) is 0. The third kappa shape index (κ3) is 9.46. The highest BCUT2D eigenvalue weighted by atomic mass is 31.1. The maximum atomic E-state index is 2.73. The van der Waals surface area contributed by atoms with Crippen molar-refractivity contribution in [3.05, 3.63) is 121 Å². The number of rotatable bonds is 10. The SMILES string of the molecule is CC(C)[C@@H]1CCCC[C@H]1N(C)P(c1ccccc1)c1ccccc1.CC(C)[C@H]1CCCC[C@@H]1N(C)P(c1ccccc1)c1ccccc1. The molecule has 4 aromatic carbocycles. The van der Waals surface area contributed by atoms with E-state index in [1.165, 1.54) is 72.6 Å². The topological polar surface area (TPSA) is 6.48 Å². The van der Waals surface area contributed by atoms with E-state index < -0.39 is 16.1 Å². The molecular weight excluding hydrogens is 618 g/mol. The molecule has 4 atom stereocenters. The lowest BCUT2D eigenvalue weighted by molar-refractivity contribution is 0.162. The van der Waals surface area contributed by atoms with Gasteiger partial charge < -0.3 is 0 Å². The molecule has 0 saturated heterocycles. The minimum Gasteiger partial charge on any atom is -0.275 e. The minimum absolute atomic E-state index is 0.453. The minimum atomic E-state index is -0.453. The van der Waals surface area contributed by atoms with Gasteiger partial charge >= 0.3 is 0 Å². The highest BCUT2D eigenvalue weighted by Crippen LogP contribution is 2.46. The third-order valence-electron chi connectivity index (χ3n) is 10.9. The van der Waals surface area contributed by atoms with E-state index in [1.807, 2.05) is 0 Å². The van der Waals surface area contributed by atoms with Gasteiger partial charge in [-0.05, 0) is 84.7 Å². The molecule has 0 amide bonds. The zero-order valence-corrected chi connectivity index (χ0v) is 32.2. The van der Waals surface area contributed by atoms with Crippen molar-refractivity contribution >= 4 is 37.4 Å². The average Bonchev–Trinajstić information content (AvgIpc) is 3.14. The summed E-state index contributed by atoms with van der Waals surface area (Å²) in [7, 11) is 3.84. The molecule has 0 aliphatic heterocycles. The Hall–Kier alpha value is -2.34. The first-order valence-electron chi connectivity index (χ1n) is 18.6. The highest BCUT2D eigenvalue weighted by molar-refractivity contribution is 7.71. The van der Waals surface area contributed by atoms with Crippen molar-refractivity contribution in [2.45, 2.75) is 91.1 Å². The van der Waals surface area contributed by atoms with Crippen molar-refractivity contribution in [2.75, 3.05) is 14.1 Å². The summed E-state index contributed by atoms with van der Waals surface area (Å²) in [5.41, 5.74) is 0. The predicted molar refractivity (Wildman–Crippen MR) is 215 cm³/mol. The Balaban J connectivity index is 0.000000188. The standard InChI is InChI=1S/2C22H30NP/c2*1-18(2)21-16-10-11-17-22(21)23(3)24(19-12-6-4-7-13-19)20-14-8-5-9-15-20/h2*4-9,12-15,18,21-22H,10-11,16-17H2,1-3H3/t2*21-,22+/m10/s1. The van der Waals surface area contributed by atoms with E-state index in [4.69, 9.17) is 0 Å². The lowest BCUT2D eigenvalue weighted by Gasteiger charge is -2.43. The van der Waals surface area contributed by atoms with Crippen LogP contribution in [0.5, 0.6) is 0 Å². The Labute approximate surface area is 296 Å². The molecule has 0 radical (unpaired) electrons. The Morgan fingerprint density at radius 2 is 0.667 bits per heavy atom. The zero-order chi connectivity index (χ0) is 33.9. The Morgan fingerprint density at radius 1 is 0.417 bits per heavy atom. The molecule has 0 heterocycles. The van der Waals surface area contributed by atoms with Gasteiger partial charge in [-0.2, -0.15) is 0 Å². The van der Waals surface area contributed by atoms with Crippen molar-refractivity contribution < 1.29 is 0 Å². The van der Waals surface area contributed by atoms with Crippen molar-refractivity contribution in [1.29, 1.82) is 0 Å². The molecule has 4 heteroatoms. The average molecular weight is 679 g/mol. The fourth-order valence-corrected chi connectivity index (χ4v) is 13.4. The first-order chi connectivity index (χ1) is 23.4. The summed E-state index contributed by atoms with van der Waals surface area (Å²) in [6, 6.07) is 45.8. The summed E-state index contributed by atoms with van der Waals surface area (Å²) in [6.07, 6.45) is 11.0. The second-order valence-electron chi connectivity index (χ2n) is 14.6. The van der Waals surface area contributed by atoms with E-state index in [1.54, 1.807) is 0 Å². The number of nitrogens with zero attached hydrogens (tertiary/aromatic N) is 2. The van der Waals surface area contributed by atoms with Gasteiger partial charge in [-0.1, -0.05) is 175 Å². The van der Waals surface area contributed by atoms with Crippen LogP contribution in [0.25, 0.3) is 0 Å². The molecule has 0 bridgehead atoms. The monoisotopic (exact) mass is 678 g/mol. The third-order valence-corrected chi connectivity index (χ3v) is 15.9. The van der Waals surface area contributed by atoms with E-state index in [2.05, 4.69) is 172 Å². The van der Waals surface area contributed by atoms with Crippen LogP contribution in [-0.4, -0.2) is 35.5 Å². The van der Waals surface area contributed by atoms with Crippen molar-refractivity contribution in [2.24, 2.45) is 23.7 Å². The molecule has 6 rings (SSSR count). The van der Waals surface area contributed by atoms with Crippen LogP contribution in [0.1, 0.15) is 79.1 Å². The molecule has 4 aromatic rings. The lowest BCUT2D eigenvalue weighted by Crippen LogP contribution is -2.42. The summed E-state index contributed by atoms with van der Waals surface area (Å²) in [5, 5.41) is 5.87. The van der Waals surface area contributed by atoms with Crippen molar-refractivity contribution in [1.82, 2.24) is 9.34 Å². The summed E-state index contributed by atoms with van der Waals surface area (Å²) >= 11 is 0. The molecule has 0 N–H and O–H groups in total. The normalized spacial score (nSPS) is 21.6. The molecule has 0 spiro atoms. The van der Waals surface area contributed by atoms with Crippen LogP contribution in [0.3, 0.4) is 0 Å². The van der Waals surface area contributed by atoms with Crippen LogP contribution >= 0.6 is 16.1 Å². The molecular formula is C44H60N2P2. The molecule has 2 fully saturated rings. The first-order valence-corrected chi connectivity index (χ1v) is 21.2. The summed E-state index contributed by atoms with van der Waals surface area (Å²) < 4.78 is 5.45. The van der Waals surface area contributed by atoms with Crippen LogP contribution in [0, 0.1) is 23.7 Å². The van der Waals surface area contributed by atoms with E-state index in [-0.39, 0.29) is 0 Å². The van der Waals surface area contributed by atoms with Crippen LogP contribution in [0.15, 0.2) is 121 Å². The van der Waals surface area contributed by atoms with Gasteiger partial charge in [-0.25, -0.2) is 0 Å². The second-order valence-corrected chi connectivity index (χ2v) is 19.2. The Morgan fingerprint density at radius 3 is 0.917 bits per heavy atom. The van der Waals surface area contributed by atoms with Gasteiger partial charge in [-0.3, -0.25) is 9.34 Å². The maximum absolute atomic E-state index is 2.73. The summed E-state index contributed by atoms with van der Waals surface area (Å²) in [6.45, 7) is 9.63. The first kappa shape index (κ1) is 36.9. The molecule has 2 aliphatic carbocycles. The number of hydrogen-bond donors (Lipinski definition) is 0.